The number of thiophene rings is 1. The summed E-state index contributed by atoms with van der Waals surface area (Å²) in [6, 6.07) is 13.2. The number of benzene rings is 1. The summed E-state index contributed by atoms with van der Waals surface area (Å²) in [5.74, 6) is 0.154. The minimum Gasteiger partial charge on any atom is -0.210 e. The van der Waals surface area contributed by atoms with Crippen LogP contribution < -0.4 is 4.72 Å². The highest BCUT2D eigenvalue weighted by Crippen LogP contribution is 2.17. The second-order valence-corrected chi connectivity index (χ2v) is 7.04. The van der Waals surface area contributed by atoms with Crippen LogP contribution in [0.3, 0.4) is 0 Å². The lowest BCUT2D eigenvalue weighted by Gasteiger charge is -2.12. The van der Waals surface area contributed by atoms with Gasteiger partial charge in [-0.3, -0.25) is 0 Å². The van der Waals surface area contributed by atoms with Crippen LogP contribution >= 0.6 is 11.3 Å². The standard InChI is InChI=1S/C13H15NO2S2/c1-11(12-6-3-2-4-7-12)10-14-18(15,16)13-8-5-9-17-13/h2-9,11,14H,10H2,1H3. The van der Waals surface area contributed by atoms with Crippen molar-refractivity contribution in [1.82, 2.24) is 4.72 Å². The molecule has 0 saturated heterocycles. The van der Waals surface area contributed by atoms with Gasteiger partial charge in [-0.15, -0.1) is 11.3 Å². The number of sulfonamides is 1. The third-order valence-electron chi connectivity index (χ3n) is 2.71. The van der Waals surface area contributed by atoms with Gasteiger partial charge in [0.05, 0.1) is 0 Å². The molecule has 0 radical (unpaired) electrons. The van der Waals surface area contributed by atoms with E-state index in [2.05, 4.69) is 4.72 Å². The van der Waals surface area contributed by atoms with Crippen molar-refractivity contribution in [2.24, 2.45) is 0 Å². The van der Waals surface area contributed by atoms with E-state index in [-0.39, 0.29) is 5.92 Å². The Bertz CT molecular complexity index is 577. The zero-order valence-electron chi connectivity index (χ0n) is 10.0. The van der Waals surface area contributed by atoms with Crippen molar-refractivity contribution in [2.75, 3.05) is 6.54 Å². The topological polar surface area (TPSA) is 46.2 Å². The van der Waals surface area contributed by atoms with Crippen molar-refractivity contribution < 1.29 is 8.42 Å². The van der Waals surface area contributed by atoms with Gasteiger partial charge in [0.25, 0.3) is 0 Å². The van der Waals surface area contributed by atoms with Crippen LogP contribution in [-0.4, -0.2) is 15.0 Å². The van der Waals surface area contributed by atoms with Crippen LogP contribution in [-0.2, 0) is 10.0 Å². The average molecular weight is 281 g/mol. The SMILES string of the molecule is CC(CNS(=O)(=O)c1cccs1)c1ccccc1. The van der Waals surface area contributed by atoms with Crippen LogP contribution in [0.15, 0.2) is 52.1 Å². The van der Waals surface area contributed by atoms with Gasteiger partial charge < -0.3 is 0 Å². The fourth-order valence-corrected chi connectivity index (χ4v) is 3.79. The third-order valence-corrected chi connectivity index (χ3v) is 5.53. The molecule has 1 N–H and O–H groups in total. The maximum Gasteiger partial charge on any atom is 0.250 e. The first-order chi connectivity index (χ1) is 8.59. The van der Waals surface area contributed by atoms with Gasteiger partial charge in [-0.1, -0.05) is 43.3 Å². The number of hydrogen-bond donors (Lipinski definition) is 1. The van der Waals surface area contributed by atoms with E-state index in [0.29, 0.717) is 10.8 Å². The molecule has 0 aliphatic carbocycles. The predicted octanol–water partition coefficient (Wildman–Crippen LogP) is 2.83. The van der Waals surface area contributed by atoms with Gasteiger partial charge in [0.2, 0.25) is 10.0 Å². The summed E-state index contributed by atoms with van der Waals surface area (Å²) in [4.78, 5) is 0. The molecule has 2 rings (SSSR count). The summed E-state index contributed by atoms with van der Waals surface area (Å²) in [7, 11) is -3.35. The van der Waals surface area contributed by atoms with Gasteiger partial charge in [-0.2, -0.15) is 0 Å². The number of hydrogen-bond acceptors (Lipinski definition) is 3. The van der Waals surface area contributed by atoms with Gasteiger partial charge in [0.1, 0.15) is 4.21 Å². The molecule has 0 aliphatic rings. The first-order valence-corrected chi connectivity index (χ1v) is 8.04. The molecule has 3 nitrogen and oxygen atoms in total. The summed E-state index contributed by atoms with van der Waals surface area (Å²) >= 11 is 1.23. The van der Waals surface area contributed by atoms with Gasteiger partial charge >= 0.3 is 0 Å². The highest BCUT2D eigenvalue weighted by molar-refractivity contribution is 7.91. The maximum absolute atomic E-state index is 11.9. The molecule has 1 aromatic heterocycles. The van der Waals surface area contributed by atoms with E-state index in [4.69, 9.17) is 0 Å². The van der Waals surface area contributed by atoms with E-state index < -0.39 is 10.0 Å². The normalized spacial score (nSPS) is 13.4. The Morgan fingerprint density at radius 2 is 1.89 bits per heavy atom. The van der Waals surface area contributed by atoms with Crippen molar-refractivity contribution in [3.63, 3.8) is 0 Å². The molecular weight excluding hydrogens is 266 g/mol. The molecule has 0 aliphatic heterocycles. The molecule has 1 atom stereocenters. The molecule has 0 fully saturated rings. The fourth-order valence-electron chi connectivity index (χ4n) is 1.62. The van der Waals surface area contributed by atoms with Crippen LogP contribution in [0.5, 0.6) is 0 Å². The molecule has 2 aromatic rings. The fraction of sp³-hybridized carbons (Fsp3) is 0.231. The van der Waals surface area contributed by atoms with E-state index in [1.54, 1.807) is 17.5 Å². The van der Waals surface area contributed by atoms with Crippen molar-refractivity contribution in [1.29, 1.82) is 0 Å². The van der Waals surface area contributed by atoms with Crippen molar-refractivity contribution in [3.8, 4) is 0 Å². The lowest BCUT2D eigenvalue weighted by atomic mass is 10.0. The van der Waals surface area contributed by atoms with E-state index in [9.17, 15) is 8.42 Å². The predicted molar refractivity (Wildman–Crippen MR) is 74.4 cm³/mol. The van der Waals surface area contributed by atoms with E-state index in [1.807, 2.05) is 37.3 Å². The average Bonchev–Trinajstić information content (AvgIpc) is 2.92. The monoisotopic (exact) mass is 281 g/mol. The lowest BCUT2D eigenvalue weighted by molar-refractivity contribution is 0.577. The smallest absolute Gasteiger partial charge is 0.210 e. The highest BCUT2D eigenvalue weighted by Gasteiger charge is 2.16. The molecule has 1 unspecified atom stereocenters. The van der Waals surface area contributed by atoms with Crippen LogP contribution in [0.25, 0.3) is 0 Å². The van der Waals surface area contributed by atoms with Crippen molar-refractivity contribution >= 4 is 21.4 Å². The van der Waals surface area contributed by atoms with Crippen LogP contribution in [0.1, 0.15) is 18.4 Å². The molecule has 96 valence electrons. The van der Waals surface area contributed by atoms with Gasteiger partial charge in [0.15, 0.2) is 0 Å². The summed E-state index contributed by atoms with van der Waals surface area (Å²) in [6.07, 6.45) is 0. The van der Waals surface area contributed by atoms with Crippen LogP contribution in [0, 0.1) is 0 Å². The van der Waals surface area contributed by atoms with Crippen molar-refractivity contribution in [3.05, 3.63) is 53.4 Å². The second kappa shape index (κ2) is 5.65. The maximum atomic E-state index is 11.9. The van der Waals surface area contributed by atoms with Gasteiger partial charge in [-0.05, 0) is 22.9 Å². The lowest BCUT2D eigenvalue weighted by Crippen LogP contribution is -2.27. The molecule has 0 saturated carbocycles. The minimum absolute atomic E-state index is 0.154. The van der Waals surface area contributed by atoms with Crippen LogP contribution in [0.4, 0.5) is 0 Å². The van der Waals surface area contributed by atoms with Crippen molar-refractivity contribution in [2.45, 2.75) is 17.1 Å². The molecular formula is C13H15NO2S2. The first-order valence-electron chi connectivity index (χ1n) is 5.68. The Labute approximate surface area is 112 Å². The van der Waals surface area contributed by atoms with E-state index >= 15 is 0 Å². The molecule has 0 amide bonds. The number of rotatable bonds is 5. The minimum atomic E-state index is -3.35. The Morgan fingerprint density at radius 3 is 2.50 bits per heavy atom. The van der Waals surface area contributed by atoms with E-state index in [0.717, 1.165) is 5.56 Å². The summed E-state index contributed by atoms with van der Waals surface area (Å²) in [6.45, 7) is 2.41. The third kappa shape index (κ3) is 3.19. The van der Waals surface area contributed by atoms with Gasteiger partial charge in [0, 0.05) is 6.54 Å². The second-order valence-electron chi connectivity index (χ2n) is 4.10. The van der Waals surface area contributed by atoms with Crippen LogP contribution in [0.2, 0.25) is 0 Å². The van der Waals surface area contributed by atoms with Gasteiger partial charge in [-0.25, -0.2) is 13.1 Å². The Morgan fingerprint density at radius 1 is 1.17 bits per heavy atom. The van der Waals surface area contributed by atoms with E-state index in [1.165, 1.54) is 11.3 Å². The Kier molecular flexibility index (Phi) is 4.16. The number of nitrogens with one attached hydrogen (secondary N) is 1. The first kappa shape index (κ1) is 13.3. The molecule has 1 aromatic carbocycles. The Balaban J connectivity index is 2.00. The zero-order chi connectivity index (χ0) is 13.0. The zero-order valence-corrected chi connectivity index (χ0v) is 11.7. The highest BCUT2D eigenvalue weighted by atomic mass is 32.2. The molecule has 5 heteroatoms. The Hall–Kier alpha value is -1.17. The molecule has 18 heavy (non-hydrogen) atoms. The summed E-state index contributed by atoms with van der Waals surface area (Å²) in [5.41, 5.74) is 1.13. The largest absolute Gasteiger partial charge is 0.250 e. The summed E-state index contributed by atoms with van der Waals surface area (Å²) in [5, 5.41) is 1.76. The molecule has 1 heterocycles. The molecule has 0 spiro atoms. The summed E-state index contributed by atoms with van der Waals surface area (Å²) < 4.78 is 26.9. The quantitative estimate of drug-likeness (QED) is 0.916. The molecule has 0 bridgehead atoms.